The highest BCUT2D eigenvalue weighted by Gasteiger charge is 2.14. The lowest BCUT2D eigenvalue weighted by Crippen LogP contribution is -2.44. The second-order valence-electron chi connectivity index (χ2n) is 6.50. The van der Waals surface area contributed by atoms with Gasteiger partial charge < -0.3 is 15.1 Å². The van der Waals surface area contributed by atoms with Crippen LogP contribution in [0.3, 0.4) is 0 Å². The minimum Gasteiger partial charge on any atom is -0.368 e. The highest BCUT2D eigenvalue weighted by atomic mass is 32.1. The molecule has 3 aromatic heterocycles. The second kappa shape index (κ2) is 7.39. The number of nitrogens with one attached hydrogen (secondary N) is 1. The zero-order valence-corrected chi connectivity index (χ0v) is 15.8. The van der Waals surface area contributed by atoms with E-state index in [9.17, 15) is 0 Å². The summed E-state index contributed by atoms with van der Waals surface area (Å²) >= 11 is 1.65. The number of nitrogens with zero attached hydrogens (tertiary/aromatic N) is 5. The maximum Gasteiger partial charge on any atom is 0.142 e. The third-order valence-electron chi connectivity index (χ3n) is 4.46. The number of aryl methyl sites for hydroxylation is 1. The molecule has 0 radical (unpaired) electrons. The zero-order chi connectivity index (χ0) is 17.9. The predicted octanol–water partition coefficient (Wildman–Crippen LogP) is 3.40. The van der Waals surface area contributed by atoms with Crippen molar-refractivity contribution in [3.05, 3.63) is 47.6 Å². The summed E-state index contributed by atoms with van der Waals surface area (Å²) in [7, 11) is 2.16. The molecule has 0 unspecified atom stereocenters. The van der Waals surface area contributed by atoms with Crippen LogP contribution in [0.2, 0.25) is 0 Å². The summed E-state index contributed by atoms with van der Waals surface area (Å²) in [6, 6.07) is 10.0. The third kappa shape index (κ3) is 3.84. The van der Waals surface area contributed by atoms with Crippen molar-refractivity contribution in [2.24, 2.45) is 0 Å². The Kier molecular flexibility index (Phi) is 4.81. The molecule has 4 rings (SSSR count). The van der Waals surface area contributed by atoms with Gasteiger partial charge in [0.05, 0.1) is 11.9 Å². The highest BCUT2D eigenvalue weighted by Crippen LogP contribution is 2.25. The Bertz CT molecular complexity index is 868. The normalized spacial score (nSPS) is 15.2. The van der Waals surface area contributed by atoms with Gasteiger partial charge in [-0.05, 0) is 38.2 Å². The average molecular weight is 366 g/mol. The van der Waals surface area contributed by atoms with E-state index in [1.54, 1.807) is 11.3 Å². The number of hydrogen-bond donors (Lipinski definition) is 1. The van der Waals surface area contributed by atoms with Gasteiger partial charge in [0, 0.05) is 37.3 Å². The number of hydrogen-bond acceptors (Lipinski definition) is 7. The zero-order valence-electron chi connectivity index (χ0n) is 15.0. The fraction of sp³-hybridized carbons (Fsp3) is 0.316. The summed E-state index contributed by atoms with van der Waals surface area (Å²) in [6.07, 6.45) is 3.81. The van der Waals surface area contributed by atoms with Crippen molar-refractivity contribution in [1.29, 1.82) is 0 Å². The van der Waals surface area contributed by atoms with E-state index in [-0.39, 0.29) is 0 Å². The first-order valence-electron chi connectivity index (χ1n) is 8.74. The molecule has 1 aliphatic heterocycles. The number of piperazine rings is 1. The Hall–Kier alpha value is -2.51. The molecule has 0 bridgehead atoms. The number of likely N-dealkylation sites (N-methyl/N-ethyl adjacent to an activating group) is 1. The van der Waals surface area contributed by atoms with Crippen LogP contribution in [0.15, 0.2) is 42.7 Å². The fourth-order valence-corrected chi connectivity index (χ4v) is 3.67. The van der Waals surface area contributed by atoms with Crippen molar-refractivity contribution < 1.29 is 0 Å². The number of aromatic nitrogens is 3. The molecule has 0 aromatic carbocycles. The smallest absolute Gasteiger partial charge is 0.142 e. The molecule has 0 atom stereocenters. The van der Waals surface area contributed by atoms with E-state index in [0.29, 0.717) is 0 Å². The van der Waals surface area contributed by atoms with Gasteiger partial charge in [0.25, 0.3) is 0 Å². The lowest BCUT2D eigenvalue weighted by atomic mass is 10.3. The van der Waals surface area contributed by atoms with Crippen molar-refractivity contribution >= 4 is 28.7 Å². The Balaban J connectivity index is 1.46. The van der Waals surface area contributed by atoms with Crippen molar-refractivity contribution in [2.45, 2.75) is 6.92 Å². The van der Waals surface area contributed by atoms with Crippen LogP contribution in [0, 0.1) is 6.92 Å². The monoisotopic (exact) mass is 366 g/mol. The van der Waals surface area contributed by atoms with Crippen molar-refractivity contribution in [2.75, 3.05) is 43.4 Å². The maximum atomic E-state index is 4.65. The first-order chi connectivity index (χ1) is 12.7. The molecule has 4 heterocycles. The van der Waals surface area contributed by atoms with Crippen LogP contribution < -0.4 is 10.2 Å². The molecule has 0 amide bonds. The molecule has 0 saturated carbocycles. The Morgan fingerprint density at radius 2 is 1.81 bits per heavy atom. The Labute approximate surface area is 157 Å². The Morgan fingerprint density at radius 3 is 2.50 bits per heavy atom. The molecule has 6 nitrogen and oxygen atoms in total. The first kappa shape index (κ1) is 16.9. The molecular formula is C19H22N6S. The molecule has 0 aliphatic carbocycles. The summed E-state index contributed by atoms with van der Waals surface area (Å²) in [5.74, 6) is 1.57. The van der Waals surface area contributed by atoms with Gasteiger partial charge in [0.15, 0.2) is 0 Å². The lowest BCUT2D eigenvalue weighted by molar-refractivity contribution is 0.313. The van der Waals surface area contributed by atoms with Crippen LogP contribution in [0.1, 0.15) is 4.88 Å². The number of anilines is 3. The SMILES string of the molecule is Cc1cnc(-c2cccc(Nc3ccc(N4CCN(C)CC4)cn3)n2)s1. The minimum atomic E-state index is 0.773. The summed E-state index contributed by atoms with van der Waals surface area (Å²) in [6.45, 7) is 6.32. The lowest BCUT2D eigenvalue weighted by Gasteiger charge is -2.33. The van der Waals surface area contributed by atoms with Crippen LogP contribution in [0.5, 0.6) is 0 Å². The molecule has 134 valence electrons. The van der Waals surface area contributed by atoms with Crippen molar-refractivity contribution in [3.8, 4) is 10.7 Å². The third-order valence-corrected chi connectivity index (χ3v) is 5.40. The van der Waals surface area contributed by atoms with Gasteiger partial charge in [0.1, 0.15) is 22.3 Å². The van der Waals surface area contributed by atoms with E-state index in [4.69, 9.17) is 0 Å². The average Bonchev–Trinajstić information content (AvgIpc) is 3.10. The van der Waals surface area contributed by atoms with Crippen molar-refractivity contribution in [3.63, 3.8) is 0 Å². The van der Waals surface area contributed by atoms with Gasteiger partial charge in [-0.1, -0.05) is 6.07 Å². The highest BCUT2D eigenvalue weighted by molar-refractivity contribution is 7.14. The predicted molar refractivity (Wildman–Crippen MR) is 107 cm³/mol. The number of rotatable bonds is 4. The van der Waals surface area contributed by atoms with E-state index >= 15 is 0 Å². The topological polar surface area (TPSA) is 57.2 Å². The van der Waals surface area contributed by atoms with Gasteiger partial charge in [-0.2, -0.15) is 0 Å². The molecule has 26 heavy (non-hydrogen) atoms. The van der Waals surface area contributed by atoms with Gasteiger partial charge in [-0.15, -0.1) is 11.3 Å². The quantitative estimate of drug-likeness (QED) is 0.764. The fourth-order valence-electron chi connectivity index (χ4n) is 2.94. The molecule has 1 saturated heterocycles. The van der Waals surface area contributed by atoms with Crippen LogP contribution in [0.25, 0.3) is 10.7 Å². The van der Waals surface area contributed by atoms with Crippen LogP contribution in [0.4, 0.5) is 17.3 Å². The van der Waals surface area contributed by atoms with E-state index in [2.05, 4.69) is 50.1 Å². The van der Waals surface area contributed by atoms with E-state index in [0.717, 1.165) is 48.5 Å². The van der Waals surface area contributed by atoms with E-state index in [1.807, 2.05) is 36.7 Å². The van der Waals surface area contributed by atoms with Gasteiger partial charge in [-0.25, -0.2) is 15.0 Å². The molecule has 1 aliphatic rings. The standard InChI is InChI=1S/C19H22N6S/c1-14-12-21-19(26-14)16-4-3-5-18(22-16)23-17-7-6-15(13-20-17)25-10-8-24(2)9-11-25/h3-7,12-13H,8-11H2,1-2H3,(H,20,22,23). The summed E-state index contributed by atoms with van der Waals surface area (Å²) in [5.41, 5.74) is 2.05. The molecular weight excluding hydrogens is 344 g/mol. The Morgan fingerprint density at radius 1 is 0.962 bits per heavy atom. The van der Waals surface area contributed by atoms with Crippen LogP contribution >= 0.6 is 11.3 Å². The molecule has 3 aromatic rings. The minimum absolute atomic E-state index is 0.773. The first-order valence-corrected chi connectivity index (χ1v) is 9.55. The van der Waals surface area contributed by atoms with E-state index in [1.165, 1.54) is 10.6 Å². The second-order valence-corrected chi connectivity index (χ2v) is 7.74. The number of thiazole rings is 1. The number of pyridine rings is 2. The summed E-state index contributed by atoms with van der Waals surface area (Å²) in [5, 5.41) is 4.22. The molecule has 0 spiro atoms. The van der Waals surface area contributed by atoms with Gasteiger partial charge in [0.2, 0.25) is 0 Å². The van der Waals surface area contributed by atoms with Gasteiger partial charge in [-0.3, -0.25) is 0 Å². The summed E-state index contributed by atoms with van der Waals surface area (Å²) in [4.78, 5) is 19.5. The van der Waals surface area contributed by atoms with E-state index < -0.39 is 0 Å². The van der Waals surface area contributed by atoms with Crippen molar-refractivity contribution in [1.82, 2.24) is 19.9 Å². The molecule has 7 heteroatoms. The maximum absolute atomic E-state index is 4.65. The molecule has 1 N–H and O–H groups in total. The largest absolute Gasteiger partial charge is 0.368 e. The summed E-state index contributed by atoms with van der Waals surface area (Å²) < 4.78 is 0. The van der Waals surface area contributed by atoms with Gasteiger partial charge >= 0.3 is 0 Å². The molecule has 1 fully saturated rings. The van der Waals surface area contributed by atoms with Crippen LogP contribution in [-0.2, 0) is 0 Å². The van der Waals surface area contributed by atoms with Crippen LogP contribution in [-0.4, -0.2) is 53.1 Å².